The number of likely N-dealkylation sites (tertiary alicyclic amines) is 1. The van der Waals surface area contributed by atoms with Crippen LogP contribution >= 0.6 is 11.8 Å². The monoisotopic (exact) mass is 254 g/mol. The van der Waals surface area contributed by atoms with Gasteiger partial charge < -0.3 is 5.32 Å². The van der Waals surface area contributed by atoms with Gasteiger partial charge in [0.25, 0.3) is 0 Å². The molecule has 4 atom stereocenters. The Morgan fingerprint density at radius 3 is 2.71 bits per heavy atom. The molecule has 2 heterocycles. The molecule has 0 amide bonds. The first-order chi connectivity index (χ1) is 8.40. The van der Waals surface area contributed by atoms with Crippen molar-refractivity contribution in [3.63, 3.8) is 0 Å². The van der Waals surface area contributed by atoms with Crippen LogP contribution in [0.25, 0.3) is 0 Å². The molecule has 0 radical (unpaired) electrons. The smallest absolute Gasteiger partial charge is 0.0354 e. The van der Waals surface area contributed by atoms with E-state index in [1.807, 2.05) is 0 Å². The number of piperidine rings is 1. The third-order valence-corrected chi connectivity index (χ3v) is 6.23. The van der Waals surface area contributed by atoms with E-state index in [0.29, 0.717) is 0 Å². The van der Waals surface area contributed by atoms with E-state index in [0.717, 1.165) is 23.3 Å². The lowest BCUT2D eigenvalue weighted by Gasteiger charge is -2.47. The molecule has 0 aromatic heterocycles. The van der Waals surface area contributed by atoms with Crippen LogP contribution in [0.1, 0.15) is 38.5 Å². The quantitative estimate of drug-likeness (QED) is 0.814. The van der Waals surface area contributed by atoms with Crippen LogP contribution in [0.5, 0.6) is 0 Å². The van der Waals surface area contributed by atoms with Crippen LogP contribution in [0.2, 0.25) is 0 Å². The third kappa shape index (κ3) is 2.39. The highest BCUT2D eigenvalue weighted by molar-refractivity contribution is 7.99. The molecule has 98 valence electrons. The van der Waals surface area contributed by atoms with Gasteiger partial charge in [-0.25, -0.2) is 0 Å². The average molecular weight is 254 g/mol. The first-order valence-corrected chi connectivity index (χ1v) is 8.68. The predicted octanol–water partition coefficient (Wildman–Crippen LogP) is 2.34. The van der Waals surface area contributed by atoms with E-state index < -0.39 is 0 Å². The van der Waals surface area contributed by atoms with Crippen molar-refractivity contribution >= 4 is 11.8 Å². The minimum Gasteiger partial charge on any atom is -0.314 e. The predicted molar refractivity (Wildman–Crippen MR) is 75.6 cm³/mol. The van der Waals surface area contributed by atoms with Gasteiger partial charge in [0.1, 0.15) is 0 Å². The van der Waals surface area contributed by atoms with Crippen LogP contribution in [-0.4, -0.2) is 48.1 Å². The summed E-state index contributed by atoms with van der Waals surface area (Å²) in [5, 5.41) is 4.43. The van der Waals surface area contributed by atoms with Gasteiger partial charge in [-0.05, 0) is 44.4 Å². The molecule has 2 nitrogen and oxygen atoms in total. The van der Waals surface area contributed by atoms with Crippen molar-refractivity contribution < 1.29 is 0 Å². The van der Waals surface area contributed by atoms with Gasteiger partial charge in [-0.1, -0.05) is 12.8 Å². The van der Waals surface area contributed by atoms with Crippen molar-refractivity contribution in [1.29, 1.82) is 0 Å². The number of hydrogen-bond acceptors (Lipinski definition) is 3. The Morgan fingerprint density at radius 2 is 1.82 bits per heavy atom. The summed E-state index contributed by atoms with van der Waals surface area (Å²) in [6.45, 7) is 3.82. The van der Waals surface area contributed by atoms with Gasteiger partial charge in [-0.15, -0.1) is 0 Å². The van der Waals surface area contributed by atoms with Crippen molar-refractivity contribution in [2.24, 2.45) is 5.92 Å². The van der Waals surface area contributed by atoms with Crippen LogP contribution in [-0.2, 0) is 0 Å². The minimum atomic E-state index is 0.816. The highest BCUT2D eigenvalue weighted by Gasteiger charge is 2.40. The lowest BCUT2D eigenvalue weighted by molar-refractivity contribution is 0.0334. The van der Waals surface area contributed by atoms with E-state index in [1.54, 1.807) is 0 Å². The maximum absolute atomic E-state index is 3.60. The molecular weight excluding hydrogens is 228 g/mol. The van der Waals surface area contributed by atoms with Crippen molar-refractivity contribution in [1.82, 2.24) is 10.2 Å². The molecule has 3 aliphatic rings. The standard InChI is InChI=1S/C14H26N2S/c1-17-14-10-15-9-13(14)16-8-4-6-11-5-2-3-7-12(11)16/h11-15H,2-10H2,1H3/t11-,12-,13?,14?/m1/s1. The summed E-state index contributed by atoms with van der Waals surface area (Å²) in [6, 6.07) is 1.74. The second-order valence-electron chi connectivity index (χ2n) is 5.99. The zero-order valence-electron chi connectivity index (χ0n) is 11.0. The van der Waals surface area contributed by atoms with E-state index in [4.69, 9.17) is 0 Å². The zero-order chi connectivity index (χ0) is 11.7. The first kappa shape index (κ1) is 12.3. The van der Waals surface area contributed by atoms with Gasteiger partial charge in [0.2, 0.25) is 0 Å². The van der Waals surface area contributed by atoms with Crippen LogP contribution < -0.4 is 5.32 Å². The Morgan fingerprint density at radius 1 is 1.00 bits per heavy atom. The molecule has 0 aromatic rings. The van der Waals surface area contributed by atoms with Crippen LogP contribution in [0.3, 0.4) is 0 Å². The number of hydrogen-bond donors (Lipinski definition) is 1. The molecule has 2 aliphatic heterocycles. The second kappa shape index (κ2) is 5.50. The van der Waals surface area contributed by atoms with Gasteiger partial charge in [0.15, 0.2) is 0 Å². The number of fused-ring (bicyclic) bond motifs is 1. The third-order valence-electron chi connectivity index (χ3n) is 5.14. The molecule has 17 heavy (non-hydrogen) atoms. The molecule has 0 aromatic carbocycles. The number of rotatable bonds is 2. The molecule has 0 bridgehead atoms. The fourth-order valence-corrected chi connectivity index (χ4v) is 5.14. The summed E-state index contributed by atoms with van der Waals surface area (Å²) >= 11 is 2.07. The number of nitrogens with one attached hydrogen (secondary N) is 1. The first-order valence-electron chi connectivity index (χ1n) is 7.39. The lowest BCUT2D eigenvalue weighted by Crippen LogP contribution is -2.54. The summed E-state index contributed by atoms with van der Waals surface area (Å²) in [4.78, 5) is 2.90. The van der Waals surface area contributed by atoms with E-state index in [-0.39, 0.29) is 0 Å². The van der Waals surface area contributed by atoms with Gasteiger partial charge in [0, 0.05) is 30.4 Å². The lowest BCUT2D eigenvalue weighted by atomic mass is 9.77. The molecular formula is C14H26N2S. The SMILES string of the molecule is CSC1CNCC1N1CCC[C@H]2CCCC[C@H]21. The topological polar surface area (TPSA) is 15.3 Å². The number of thioether (sulfide) groups is 1. The van der Waals surface area contributed by atoms with Crippen LogP contribution in [0, 0.1) is 5.92 Å². The fraction of sp³-hybridized carbons (Fsp3) is 1.00. The summed E-state index contributed by atoms with van der Waals surface area (Å²) in [5.41, 5.74) is 0. The molecule has 2 saturated heterocycles. The maximum atomic E-state index is 3.60. The largest absolute Gasteiger partial charge is 0.314 e. The van der Waals surface area contributed by atoms with E-state index >= 15 is 0 Å². The van der Waals surface area contributed by atoms with E-state index in [9.17, 15) is 0 Å². The molecule has 3 rings (SSSR count). The Labute approximate surface area is 110 Å². The summed E-state index contributed by atoms with van der Waals surface area (Å²) in [7, 11) is 0. The van der Waals surface area contributed by atoms with Crippen molar-refractivity contribution in [3.05, 3.63) is 0 Å². The normalized spacial score (nSPS) is 43.6. The average Bonchev–Trinajstić information content (AvgIpc) is 2.86. The highest BCUT2D eigenvalue weighted by Crippen LogP contribution is 2.38. The van der Waals surface area contributed by atoms with Gasteiger partial charge >= 0.3 is 0 Å². The Hall–Kier alpha value is 0.270. The Kier molecular flexibility index (Phi) is 3.98. The summed E-state index contributed by atoms with van der Waals surface area (Å²) in [6.07, 6.45) is 11.2. The minimum absolute atomic E-state index is 0.816. The van der Waals surface area contributed by atoms with Crippen molar-refractivity contribution in [3.8, 4) is 0 Å². The second-order valence-corrected chi connectivity index (χ2v) is 7.07. The summed E-state index contributed by atoms with van der Waals surface area (Å²) in [5.74, 6) is 1.03. The molecule has 1 aliphatic carbocycles. The molecule has 1 N–H and O–H groups in total. The molecule has 0 spiro atoms. The highest BCUT2D eigenvalue weighted by atomic mass is 32.2. The Balaban J connectivity index is 1.72. The van der Waals surface area contributed by atoms with Crippen LogP contribution in [0.4, 0.5) is 0 Å². The molecule has 3 heteroatoms. The molecule has 2 unspecified atom stereocenters. The van der Waals surface area contributed by atoms with Crippen molar-refractivity contribution in [2.45, 2.75) is 55.9 Å². The zero-order valence-corrected chi connectivity index (χ0v) is 11.8. The van der Waals surface area contributed by atoms with E-state index in [1.165, 1.54) is 58.2 Å². The van der Waals surface area contributed by atoms with Crippen LogP contribution in [0.15, 0.2) is 0 Å². The summed E-state index contributed by atoms with van der Waals surface area (Å²) < 4.78 is 0. The fourth-order valence-electron chi connectivity index (χ4n) is 4.29. The number of nitrogens with zero attached hydrogens (tertiary/aromatic N) is 1. The van der Waals surface area contributed by atoms with Gasteiger partial charge in [0.05, 0.1) is 0 Å². The van der Waals surface area contributed by atoms with Gasteiger partial charge in [-0.2, -0.15) is 11.8 Å². The van der Waals surface area contributed by atoms with E-state index in [2.05, 4.69) is 28.2 Å². The maximum Gasteiger partial charge on any atom is 0.0354 e. The van der Waals surface area contributed by atoms with Gasteiger partial charge in [-0.3, -0.25) is 4.90 Å². The van der Waals surface area contributed by atoms with Crippen molar-refractivity contribution in [2.75, 3.05) is 25.9 Å². The molecule has 1 saturated carbocycles. The Bertz CT molecular complexity index is 255. The molecule has 3 fully saturated rings.